The Morgan fingerprint density at radius 1 is 1.03 bits per heavy atom. The van der Waals surface area contributed by atoms with E-state index in [1.807, 2.05) is 24.3 Å². The van der Waals surface area contributed by atoms with Gasteiger partial charge in [0.15, 0.2) is 0 Å². The highest BCUT2D eigenvalue weighted by Gasteiger charge is 2.50. The van der Waals surface area contributed by atoms with E-state index in [1.54, 1.807) is 0 Å². The molecule has 3 aliphatic rings. The molecule has 0 bridgehead atoms. The number of nitrogens with zero attached hydrogens (tertiary/aromatic N) is 2. The standard InChI is InChI=1S/C24H29N3O2/c28-22-19(11-10-18-6-4-5-9-21(18)22)16-26-14-12-24(13-15-26)23(29)25-17-27(24)20-7-2-1-3-8-20/h1-9,19,22,28H,10-17H2,(H,25,29)/t19-,22-/m1/s1. The van der Waals surface area contributed by atoms with Gasteiger partial charge in [0.1, 0.15) is 5.54 Å². The van der Waals surface area contributed by atoms with Crippen molar-refractivity contribution in [3.05, 3.63) is 65.7 Å². The van der Waals surface area contributed by atoms with Crippen LogP contribution < -0.4 is 10.2 Å². The van der Waals surface area contributed by atoms with Crippen molar-refractivity contribution in [3.8, 4) is 0 Å². The second-order valence-corrected chi connectivity index (χ2v) is 8.70. The normalized spacial score (nSPS) is 26.4. The van der Waals surface area contributed by atoms with E-state index in [9.17, 15) is 9.90 Å². The van der Waals surface area contributed by atoms with E-state index >= 15 is 0 Å². The molecule has 2 aromatic rings. The van der Waals surface area contributed by atoms with E-state index in [0.29, 0.717) is 6.67 Å². The molecule has 0 unspecified atom stereocenters. The summed E-state index contributed by atoms with van der Waals surface area (Å²) in [6.07, 6.45) is 3.34. The molecule has 2 atom stereocenters. The molecule has 2 heterocycles. The average molecular weight is 392 g/mol. The van der Waals surface area contributed by atoms with Crippen molar-refractivity contribution in [3.63, 3.8) is 0 Å². The summed E-state index contributed by atoms with van der Waals surface area (Å²) in [5.41, 5.74) is 3.06. The van der Waals surface area contributed by atoms with Crippen molar-refractivity contribution in [2.75, 3.05) is 31.2 Å². The molecule has 0 saturated carbocycles. The summed E-state index contributed by atoms with van der Waals surface area (Å²) in [5.74, 6) is 0.425. The lowest BCUT2D eigenvalue weighted by Crippen LogP contribution is -2.57. The fourth-order valence-electron chi connectivity index (χ4n) is 5.46. The molecule has 0 radical (unpaired) electrons. The Bertz CT molecular complexity index is 877. The minimum atomic E-state index is -0.435. The zero-order valence-corrected chi connectivity index (χ0v) is 16.8. The average Bonchev–Trinajstić information content (AvgIpc) is 3.08. The summed E-state index contributed by atoms with van der Waals surface area (Å²) < 4.78 is 0. The highest BCUT2D eigenvalue weighted by molar-refractivity contribution is 5.93. The lowest BCUT2D eigenvalue weighted by Gasteiger charge is -2.44. The third-order valence-corrected chi connectivity index (χ3v) is 7.19. The SMILES string of the molecule is O=C1NCN(c2ccccc2)C12CCN(C[C@H]1CCc3ccccc3[C@@H]1O)CC2. The lowest BCUT2D eigenvalue weighted by atomic mass is 9.80. The molecule has 2 fully saturated rings. The van der Waals surface area contributed by atoms with Gasteiger partial charge in [-0.05, 0) is 48.9 Å². The van der Waals surface area contributed by atoms with Crippen LogP contribution in [0.4, 0.5) is 5.69 Å². The van der Waals surface area contributed by atoms with Gasteiger partial charge >= 0.3 is 0 Å². The molecule has 2 aliphatic heterocycles. The van der Waals surface area contributed by atoms with Crippen LogP contribution in [-0.2, 0) is 11.2 Å². The van der Waals surface area contributed by atoms with Crippen LogP contribution in [0.1, 0.15) is 36.5 Å². The van der Waals surface area contributed by atoms with Crippen molar-refractivity contribution in [1.29, 1.82) is 0 Å². The van der Waals surface area contributed by atoms with Crippen molar-refractivity contribution < 1.29 is 9.90 Å². The fraction of sp³-hybridized carbons (Fsp3) is 0.458. The highest BCUT2D eigenvalue weighted by Crippen LogP contribution is 2.38. The number of aryl methyl sites for hydroxylation is 1. The topological polar surface area (TPSA) is 55.8 Å². The van der Waals surface area contributed by atoms with Gasteiger partial charge < -0.3 is 20.2 Å². The van der Waals surface area contributed by atoms with Crippen LogP contribution >= 0.6 is 0 Å². The summed E-state index contributed by atoms with van der Waals surface area (Å²) in [7, 11) is 0. The number of benzene rings is 2. The first kappa shape index (κ1) is 18.6. The van der Waals surface area contributed by atoms with Crippen LogP contribution in [0, 0.1) is 5.92 Å². The number of carbonyl (C=O) groups excluding carboxylic acids is 1. The summed E-state index contributed by atoms with van der Waals surface area (Å²) in [4.78, 5) is 17.5. The largest absolute Gasteiger partial charge is 0.388 e. The number of hydrogen-bond donors (Lipinski definition) is 2. The maximum atomic E-state index is 12.8. The third-order valence-electron chi connectivity index (χ3n) is 7.19. The Hall–Kier alpha value is -2.37. The number of fused-ring (bicyclic) bond motifs is 1. The quantitative estimate of drug-likeness (QED) is 0.845. The first-order valence-corrected chi connectivity index (χ1v) is 10.8. The maximum absolute atomic E-state index is 12.8. The molecular weight excluding hydrogens is 362 g/mol. The number of para-hydroxylation sites is 1. The Morgan fingerprint density at radius 3 is 2.55 bits per heavy atom. The van der Waals surface area contributed by atoms with E-state index < -0.39 is 5.54 Å². The van der Waals surface area contributed by atoms with Gasteiger partial charge in [0.05, 0.1) is 12.8 Å². The summed E-state index contributed by atoms with van der Waals surface area (Å²) in [6, 6.07) is 18.5. The first-order chi connectivity index (χ1) is 14.2. The zero-order chi connectivity index (χ0) is 19.8. The van der Waals surface area contributed by atoms with Gasteiger partial charge in [-0.1, -0.05) is 42.5 Å². The Kier molecular flexibility index (Phi) is 4.80. The second kappa shape index (κ2) is 7.47. The molecule has 5 rings (SSSR count). The number of hydrogen-bond acceptors (Lipinski definition) is 4. The predicted molar refractivity (Wildman–Crippen MR) is 114 cm³/mol. The van der Waals surface area contributed by atoms with Crippen molar-refractivity contribution in [1.82, 2.24) is 10.2 Å². The van der Waals surface area contributed by atoms with E-state index in [4.69, 9.17) is 0 Å². The molecule has 2 N–H and O–H groups in total. The summed E-state index contributed by atoms with van der Waals surface area (Å²) >= 11 is 0. The molecular formula is C24H29N3O2. The van der Waals surface area contributed by atoms with E-state index in [1.165, 1.54) is 5.56 Å². The van der Waals surface area contributed by atoms with Gasteiger partial charge in [0, 0.05) is 31.2 Å². The second-order valence-electron chi connectivity index (χ2n) is 8.70. The molecule has 29 heavy (non-hydrogen) atoms. The Morgan fingerprint density at radius 2 is 1.76 bits per heavy atom. The van der Waals surface area contributed by atoms with Gasteiger partial charge in [0.2, 0.25) is 5.91 Å². The van der Waals surface area contributed by atoms with E-state index in [-0.39, 0.29) is 17.9 Å². The summed E-state index contributed by atoms with van der Waals surface area (Å²) in [6.45, 7) is 3.27. The number of aliphatic hydroxyl groups excluding tert-OH is 1. The number of carbonyl (C=O) groups is 1. The van der Waals surface area contributed by atoms with Crippen molar-refractivity contribution in [2.24, 2.45) is 5.92 Å². The third kappa shape index (κ3) is 3.22. The zero-order valence-electron chi connectivity index (χ0n) is 16.8. The fourth-order valence-corrected chi connectivity index (χ4v) is 5.46. The number of piperidine rings is 1. The molecule has 5 heteroatoms. The number of likely N-dealkylation sites (tertiary alicyclic amines) is 1. The van der Waals surface area contributed by atoms with Crippen LogP contribution in [0.3, 0.4) is 0 Å². The summed E-state index contributed by atoms with van der Waals surface area (Å²) in [5, 5.41) is 14.0. The predicted octanol–water partition coefficient (Wildman–Crippen LogP) is 2.71. The van der Waals surface area contributed by atoms with Crippen LogP contribution in [-0.4, -0.2) is 47.8 Å². The number of rotatable bonds is 3. The van der Waals surface area contributed by atoms with Gasteiger partial charge in [-0.15, -0.1) is 0 Å². The number of amides is 1. The van der Waals surface area contributed by atoms with Crippen molar-refractivity contribution in [2.45, 2.75) is 37.3 Å². The number of anilines is 1. The van der Waals surface area contributed by atoms with Crippen LogP contribution in [0.5, 0.6) is 0 Å². The maximum Gasteiger partial charge on any atom is 0.247 e. The van der Waals surface area contributed by atoms with Crippen molar-refractivity contribution >= 4 is 11.6 Å². The molecule has 1 aliphatic carbocycles. The lowest BCUT2D eigenvalue weighted by molar-refractivity contribution is -0.125. The number of aliphatic hydroxyl groups is 1. The highest BCUT2D eigenvalue weighted by atomic mass is 16.3. The first-order valence-electron chi connectivity index (χ1n) is 10.8. The van der Waals surface area contributed by atoms with E-state index in [0.717, 1.165) is 56.6 Å². The van der Waals surface area contributed by atoms with Gasteiger partial charge in [-0.3, -0.25) is 4.79 Å². The van der Waals surface area contributed by atoms with Crippen LogP contribution in [0.2, 0.25) is 0 Å². The molecule has 1 spiro atoms. The molecule has 5 nitrogen and oxygen atoms in total. The van der Waals surface area contributed by atoms with Gasteiger partial charge in [0.25, 0.3) is 0 Å². The van der Waals surface area contributed by atoms with Crippen LogP contribution in [0.15, 0.2) is 54.6 Å². The molecule has 2 aromatic carbocycles. The molecule has 152 valence electrons. The number of nitrogens with one attached hydrogen (secondary N) is 1. The van der Waals surface area contributed by atoms with E-state index in [2.05, 4.69) is 45.4 Å². The molecule has 0 aromatic heterocycles. The monoisotopic (exact) mass is 391 g/mol. The van der Waals surface area contributed by atoms with Gasteiger partial charge in [-0.2, -0.15) is 0 Å². The van der Waals surface area contributed by atoms with Gasteiger partial charge in [-0.25, -0.2) is 0 Å². The van der Waals surface area contributed by atoms with Crippen LogP contribution in [0.25, 0.3) is 0 Å². The Labute approximate surface area is 172 Å². The molecule has 2 saturated heterocycles. The molecule has 1 amide bonds. The smallest absolute Gasteiger partial charge is 0.247 e. The Balaban J connectivity index is 1.26. The minimum absolute atomic E-state index is 0.160. The minimum Gasteiger partial charge on any atom is -0.388 e.